The predicted molar refractivity (Wildman–Crippen MR) is 107 cm³/mol. The van der Waals surface area contributed by atoms with Gasteiger partial charge in [-0.15, -0.1) is 11.3 Å². The van der Waals surface area contributed by atoms with Crippen LogP contribution >= 0.6 is 22.9 Å². The lowest BCUT2D eigenvalue weighted by molar-refractivity contribution is -0.142. The quantitative estimate of drug-likeness (QED) is 0.604. The van der Waals surface area contributed by atoms with Gasteiger partial charge in [0, 0.05) is 11.4 Å². The van der Waals surface area contributed by atoms with Gasteiger partial charge in [0.2, 0.25) is 10.0 Å². The fourth-order valence-corrected chi connectivity index (χ4v) is 4.38. The summed E-state index contributed by atoms with van der Waals surface area (Å²) in [4.78, 5) is 28.1. The molecule has 0 atom stereocenters. The molecule has 1 amide bonds. The largest absolute Gasteiger partial charge is 0.466 e. The molecule has 152 valence electrons. The highest BCUT2D eigenvalue weighted by atomic mass is 35.5. The van der Waals surface area contributed by atoms with E-state index in [-0.39, 0.29) is 39.7 Å². The van der Waals surface area contributed by atoms with Crippen LogP contribution in [0, 0.1) is 0 Å². The lowest BCUT2D eigenvalue weighted by Crippen LogP contribution is -2.30. The standard InChI is InChI=1S/C17H20ClN3O5S2/c1-4-26-15(22)7-11-9-27-17(19-11)20-16(23)13-8-12(5-6-14(13)18)28(24,25)21-10(2)3/h5-6,8-10,21H,4,7H2,1-3H3,(H,19,20,23). The molecular formula is C17H20ClN3O5S2. The first kappa shape index (κ1) is 22.3. The van der Waals surface area contributed by atoms with Crippen LogP contribution in [-0.2, 0) is 26.0 Å². The number of hydrogen-bond donors (Lipinski definition) is 2. The number of rotatable bonds is 8. The van der Waals surface area contributed by atoms with Gasteiger partial charge >= 0.3 is 5.97 Å². The highest BCUT2D eigenvalue weighted by Gasteiger charge is 2.20. The van der Waals surface area contributed by atoms with Crippen molar-refractivity contribution < 1.29 is 22.7 Å². The number of hydrogen-bond acceptors (Lipinski definition) is 7. The molecule has 28 heavy (non-hydrogen) atoms. The molecule has 0 spiro atoms. The number of benzene rings is 1. The van der Waals surface area contributed by atoms with E-state index in [4.69, 9.17) is 16.3 Å². The Morgan fingerprint density at radius 1 is 1.32 bits per heavy atom. The van der Waals surface area contributed by atoms with Crippen LogP contribution in [-0.4, -0.2) is 37.9 Å². The van der Waals surface area contributed by atoms with Crippen molar-refractivity contribution in [1.29, 1.82) is 0 Å². The van der Waals surface area contributed by atoms with Gasteiger partial charge in [0.25, 0.3) is 5.91 Å². The second-order valence-electron chi connectivity index (χ2n) is 6.00. The van der Waals surface area contributed by atoms with E-state index in [0.717, 1.165) is 11.3 Å². The van der Waals surface area contributed by atoms with Crippen molar-refractivity contribution in [1.82, 2.24) is 9.71 Å². The number of nitrogens with zero attached hydrogens (tertiary/aromatic N) is 1. The summed E-state index contributed by atoms with van der Waals surface area (Å²) in [6.45, 7) is 5.37. The first-order valence-corrected chi connectivity index (χ1v) is 11.1. The Morgan fingerprint density at radius 3 is 2.68 bits per heavy atom. The van der Waals surface area contributed by atoms with Gasteiger partial charge in [0.15, 0.2) is 5.13 Å². The number of thiazole rings is 1. The number of sulfonamides is 1. The van der Waals surface area contributed by atoms with Crippen molar-refractivity contribution in [3.8, 4) is 0 Å². The molecule has 2 rings (SSSR count). The van der Waals surface area contributed by atoms with Crippen molar-refractivity contribution in [2.45, 2.75) is 38.1 Å². The van der Waals surface area contributed by atoms with Gasteiger partial charge in [0.1, 0.15) is 0 Å². The fourth-order valence-electron chi connectivity index (χ4n) is 2.19. The highest BCUT2D eigenvalue weighted by molar-refractivity contribution is 7.89. The molecule has 1 heterocycles. The molecular weight excluding hydrogens is 426 g/mol. The molecule has 0 saturated carbocycles. The molecule has 0 radical (unpaired) electrons. The van der Waals surface area contributed by atoms with E-state index in [0.29, 0.717) is 5.69 Å². The molecule has 0 aliphatic rings. The number of aromatic nitrogens is 1. The molecule has 0 unspecified atom stereocenters. The Bertz CT molecular complexity index is 973. The molecule has 0 aliphatic heterocycles. The maximum absolute atomic E-state index is 12.5. The molecule has 1 aromatic carbocycles. The van der Waals surface area contributed by atoms with Crippen molar-refractivity contribution in [2.75, 3.05) is 11.9 Å². The molecule has 11 heteroatoms. The number of anilines is 1. The number of amides is 1. The highest BCUT2D eigenvalue weighted by Crippen LogP contribution is 2.23. The third-order valence-electron chi connectivity index (χ3n) is 3.29. The average Bonchev–Trinajstić information content (AvgIpc) is 3.00. The van der Waals surface area contributed by atoms with E-state index in [2.05, 4.69) is 15.0 Å². The molecule has 0 aliphatic carbocycles. The number of carbonyl (C=O) groups excluding carboxylic acids is 2. The Labute approximate surface area is 172 Å². The molecule has 2 N–H and O–H groups in total. The maximum atomic E-state index is 12.5. The molecule has 1 aromatic heterocycles. The van der Waals surface area contributed by atoms with Gasteiger partial charge in [-0.1, -0.05) is 11.6 Å². The Balaban J connectivity index is 2.17. The zero-order chi connectivity index (χ0) is 20.9. The van der Waals surface area contributed by atoms with Crippen LogP contribution < -0.4 is 10.0 Å². The van der Waals surface area contributed by atoms with Gasteiger partial charge in [-0.05, 0) is 39.0 Å². The summed E-state index contributed by atoms with van der Waals surface area (Å²) in [7, 11) is -3.77. The van der Waals surface area contributed by atoms with Crippen LogP contribution in [0.1, 0.15) is 36.8 Å². The van der Waals surface area contributed by atoms with Crippen LogP contribution in [0.15, 0.2) is 28.5 Å². The molecule has 0 bridgehead atoms. The monoisotopic (exact) mass is 445 g/mol. The normalized spacial score (nSPS) is 11.5. The van der Waals surface area contributed by atoms with Gasteiger partial charge in [0.05, 0.1) is 34.2 Å². The third kappa shape index (κ3) is 5.99. The summed E-state index contributed by atoms with van der Waals surface area (Å²) >= 11 is 7.20. The maximum Gasteiger partial charge on any atom is 0.311 e. The van der Waals surface area contributed by atoms with Gasteiger partial charge in [-0.25, -0.2) is 18.1 Å². The van der Waals surface area contributed by atoms with E-state index in [1.807, 2.05) is 0 Å². The molecule has 0 saturated heterocycles. The van der Waals surface area contributed by atoms with Crippen molar-refractivity contribution in [3.63, 3.8) is 0 Å². The van der Waals surface area contributed by atoms with E-state index < -0.39 is 21.9 Å². The zero-order valence-corrected chi connectivity index (χ0v) is 17.9. The summed E-state index contributed by atoms with van der Waals surface area (Å²) in [6, 6.07) is 3.57. The Morgan fingerprint density at radius 2 is 2.04 bits per heavy atom. The van der Waals surface area contributed by atoms with E-state index in [9.17, 15) is 18.0 Å². The van der Waals surface area contributed by atoms with Gasteiger partial charge in [-0.2, -0.15) is 0 Å². The summed E-state index contributed by atoms with van der Waals surface area (Å²) in [6.07, 6.45) is -0.00440. The van der Waals surface area contributed by atoms with Crippen molar-refractivity contribution in [2.24, 2.45) is 0 Å². The minimum absolute atomic E-state index is 0.00422. The first-order valence-electron chi connectivity index (χ1n) is 8.35. The van der Waals surface area contributed by atoms with E-state index >= 15 is 0 Å². The second-order valence-corrected chi connectivity index (χ2v) is 8.98. The van der Waals surface area contributed by atoms with Crippen LogP contribution in [0.25, 0.3) is 0 Å². The molecule has 8 nitrogen and oxygen atoms in total. The van der Waals surface area contributed by atoms with Crippen LogP contribution in [0.3, 0.4) is 0 Å². The smallest absolute Gasteiger partial charge is 0.311 e. The average molecular weight is 446 g/mol. The van der Waals surface area contributed by atoms with Crippen molar-refractivity contribution in [3.05, 3.63) is 39.9 Å². The lowest BCUT2D eigenvalue weighted by atomic mass is 10.2. The van der Waals surface area contributed by atoms with Crippen LogP contribution in [0.4, 0.5) is 5.13 Å². The summed E-state index contributed by atoms with van der Waals surface area (Å²) in [5.41, 5.74) is 0.456. The summed E-state index contributed by atoms with van der Waals surface area (Å²) in [5, 5.41) is 4.55. The number of esters is 1. The van der Waals surface area contributed by atoms with Crippen LogP contribution in [0.5, 0.6) is 0 Å². The second kappa shape index (κ2) is 9.46. The first-order chi connectivity index (χ1) is 13.1. The number of nitrogens with one attached hydrogen (secondary N) is 2. The number of ether oxygens (including phenoxy) is 1. The summed E-state index contributed by atoms with van der Waals surface area (Å²) in [5.74, 6) is -1.02. The van der Waals surface area contributed by atoms with E-state index in [1.54, 1.807) is 26.2 Å². The Hall–Kier alpha value is -2.01. The molecule has 2 aromatic rings. The third-order valence-corrected chi connectivity index (χ3v) is 6.08. The fraction of sp³-hybridized carbons (Fsp3) is 0.353. The Kier molecular flexibility index (Phi) is 7.53. The topological polar surface area (TPSA) is 114 Å². The SMILES string of the molecule is CCOC(=O)Cc1csc(NC(=O)c2cc(S(=O)(=O)NC(C)C)ccc2Cl)n1. The lowest BCUT2D eigenvalue weighted by Gasteiger charge is -2.11. The molecule has 0 fully saturated rings. The number of halogens is 1. The number of carbonyl (C=O) groups is 2. The van der Waals surface area contributed by atoms with E-state index in [1.165, 1.54) is 18.2 Å². The zero-order valence-electron chi connectivity index (χ0n) is 15.5. The van der Waals surface area contributed by atoms with Crippen LogP contribution in [0.2, 0.25) is 5.02 Å². The van der Waals surface area contributed by atoms with Gasteiger partial charge < -0.3 is 4.74 Å². The predicted octanol–water partition coefficient (Wildman–Crippen LogP) is 2.84. The minimum atomic E-state index is -3.77. The van der Waals surface area contributed by atoms with Gasteiger partial charge in [-0.3, -0.25) is 14.9 Å². The minimum Gasteiger partial charge on any atom is -0.466 e. The van der Waals surface area contributed by atoms with Crippen molar-refractivity contribution >= 4 is 50.0 Å². The summed E-state index contributed by atoms with van der Waals surface area (Å²) < 4.78 is 31.9.